The minimum Gasteiger partial charge on any atom is -0.328 e. The average Bonchev–Trinajstić information content (AvgIpc) is 2.91. The minimum absolute atomic E-state index is 0.253. The monoisotopic (exact) mass is 478 g/mol. The van der Waals surface area contributed by atoms with Crippen molar-refractivity contribution in [3.63, 3.8) is 0 Å². The van der Waals surface area contributed by atoms with Gasteiger partial charge >= 0.3 is 0 Å². The summed E-state index contributed by atoms with van der Waals surface area (Å²) >= 11 is 0. The summed E-state index contributed by atoms with van der Waals surface area (Å²) in [5.74, 6) is -1.38. The molecule has 0 spiro atoms. The molecule has 0 radical (unpaired) electrons. The second kappa shape index (κ2) is 9.93. The molecule has 178 valence electrons. The van der Waals surface area contributed by atoms with Crippen LogP contribution in [-0.2, 0) is 4.79 Å². The number of H-pyrrole nitrogens is 1. The van der Waals surface area contributed by atoms with Crippen molar-refractivity contribution in [2.45, 2.75) is 12.0 Å². The first-order valence-corrected chi connectivity index (χ1v) is 11.5. The first-order chi connectivity index (χ1) is 17.5. The van der Waals surface area contributed by atoms with E-state index in [0.29, 0.717) is 16.5 Å². The molecule has 0 aliphatic carbocycles. The molecule has 3 aromatic carbocycles. The normalized spacial score (nSPS) is 12.0. The van der Waals surface area contributed by atoms with Gasteiger partial charge in [0.05, 0.1) is 16.9 Å². The number of nitrogens with zero attached hydrogens (tertiary/aromatic N) is 1. The molecule has 6 nitrogen and oxygen atoms in total. The molecule has 0 saturated heterocycles. The third-order valence-corrected chi connectivity index (χ3v) is 6.16. The fraction of sp³-hybridized carbons (Fsp3) is 0.0690. The number of pyridine rings is 2. The Morgan fingerprint density at radius 1 is 0.889 bits per heavy atom. The van der Waals surface area contributed by atoms with Crippen molar-refractivity contribution in [3.05, 3.63) is 131 Å². The highest BCUT2D eigenvalue weighted by Crippen LogP contribution is 2.30. The number of carbonyl (C=O) groups excluding carboxylic acids is 1. The summed E-state index contributed by atoms with van der Waals surface area (Å²) in [5, 5.41) is 3.12. The molecule has 1 amide bonds. The number of rotatable bonds is 6. The molecule has 4 N–H and O–H groups in total. The van der Waals surface area contributed by atoms with Crippen molar-refractivity contribution >= 4 is 22.5 Å². The van der Waals surface area contributed by atoms with Gasteiger partial charge in [-0.3, -0.25) is 14.6 Å². The molecule has 0 fully saturated rings. The van der Waals surface area contributed by atoms with Gasteiger partial charge in [-0.25, -0.2) is 4.39 Å². The standard InChI is InChI=1S/C29H23FN4O2/c30-24-16-20(13-14-21(24)23-17-33-28(35)22-12-7-15-32-27(22)23)34-29(36)26(31)25(18-8-3-1-4-9-18)19-10-5-2-6-11-19/h1-17,25-26H,31H2,(H,33,35)(H,34,36)/t26-/m0/s1. The van der Waals surface area contributed by atoms with Crippen molar-refractivity contribution in [1.29, 1.82) is 0 Å². The van der Waals surface area contributed by atoms with E-state index in [9.17, 15) is 9.59 Å². The third-order valence-electron chi connectivity index (χ3n) is 6.16. The zero-order valence-corrected chi connectivity index (χ0v) is 19.2. The van der Waals surface area contributed by atoms with Gasteiger partial charge in [0.1, 0.15) is 5.82 Å². The van der Waals surface area contributed by atoms with Gasteiger partial charge in [0.15, 0.2) is 0 Å². The highest BCUT2D eigenvalue weighted by molar-refractivity contribution is 5.97. The zero-order chi connectivity index (χ0) is 25.1. The molecule has 2 aromatic heterocycles. The molecule has 36 heavy (non-hydrogen) atoms. The smallest absolute Gasteiger partial charge is 0.257 e. The summed E-state index contributed by atoms with van der Waals surface area (Å²) in [6.45, 7) is 0. The van der Waals surface area contributed by atoms with Crippen LogP contribution in [0.25, 0.3) is 22.0 Å². The van der Waals surface area contributed by atoms with Gasteiger partial charge in [0, 0.05) is 35.1 Å². The number of fused-ring (bicyclic) bond motifs is 1. The summed E-state index contributed by atoms with van der Waals surface area (Å²) < 4.78 is 15.2. The summed E-state index contributed by atoms with van der Waals surface area (Å²) in [5.41, 5.74) is 9.35. The number of aromatic amines is 1. The van der Waals surface area contributed by atoms with Crippen LogP contribution in [0.4, 0.5) is 10.1 Å². The number of nitrogens with one attached hydrogen (secondary N) is 2. The number of aromatic nitrogens is 2. The Bertz CT molecular complexity index is 1550. The van der Waals surface area contributed by atoms with E-state index >= 15 is 4.39 Å². The van der Waals surface area contributed by atoms with Crippen LogP contribution in [0, 0.1) is 5.82 Å². The maximum absolute atomic E-state index is 15.2. The predicted molar refractivity (Wildman–Crippen MR) is 139 cm³/mol. The number of hydrogen-bond acceptors (Lipinski definition) is 4. The number of nitrogens with two attached hydrogens (primary N) is 1. The molecular formula is C29H23FN4O2. The van der Waals surface area contributed by atoms with E-state index in [2.05, 4.69) is 15.3 Å². The van der Waals surface area contributed by atoms with Gasteiger partial charge in [-0.05, 0) is 41.5 Å². The van der Waals surface area contributed by atoms with Crippen molar-refractivity contribution in [2.75, 3.05) is 5.32 Å². The molecule has 5 rings (SSSR count). The molecule has 0 aliphatic heterocycles. The lowest BCUT2D eigenvalue weighted by atomic mass is 9.85. The highest BCUT2D eigenvalue weighted by atomic mass is 19.1. The van der Waals surface area contributed by atoms with Gasteiger partial charge < -0.3 is 16.0 Å². The third kappa shape index (κ3) is 4.52. The molecule has 0 aliphatic rings. The van der Waals surface area contributed by atoms with E-state index in [1.807, 2.05) is 60.7 Å². The average molecular weight is 479 g/mol. The lowest BCUT2D eigenvalue weighted by molar-refractivity contribution is -0.117. The Kier molecular flexibility index (Phi) is 6.38. The highest BCUT2D eigenvalue weighted by Gasteiger charge is 2.28. The summed E-state index contributed by atoms with van der Waals surface area (Å²) in [7, 11) is 0. The first kappa shape index (κ1) is 23.1. The Morgan fingerprint density at radius 2 is 1.56 bits per heavy atom. The molecule has 0 saturated carbocycles. The largest absolute Gasteiger partial charge is 0.328 e. The lowest BCUT2D eigenvalue weighted by Gasteiger charge is -2.24. The van der Waals surface area contributed by atoms with Gasteiger partial charge in [-0.1, -0.05) is 60.7 Å². The summed E-state index contributed by atoms with van der Waals surface area (Å²) in [6, 6.07) is 25.9. The van der Waals surface area contributed by atoms with Crippen LogP contribution in [0.5, 0.6) is 0 Å². The maximum Gasteiger partial charge on any atom is 0.257 e. The van der Waals surface area contributed by atoms with Gasteiger partial charge in [0.2, 0.25) is 5.91 Å². The Morgan fingerprint density at radius 3 is 2.19 bits per heavy atom. The van der Waals surface area contributed by atoms with Gasteiger partial charge in [-0.2, -0.15) is 0 Å². The Balaban J connectivity index is 1.43. The van der Waals surface area contributed by atoms with Crippen LogP contribution in [0.2, 0.25) is 0 Å². The van der Waals surface area contributed by atoms with Gasteiger partial charge in [0.25, 0.3) is 5.56 Å². The second-order valence-corrected chi connectivity index (χ2v) is 8.44. The van der Waals surface area contributed by atoms with Crippen LogP contribution in [0.1, 0.15) is 17.0 Å². The topological polar surface area (TPSA) is 101 Å². The van der Waals surface area contributed by atoms with Crippen LogP contribution in [0.15, 0.2) is 108 Å². The van der Waals surface area contributed by atoms with Crippen molar-refractivity contribution < 1.29 is 9.18 Å². The van der Waals surface area contributed by atoms with E-state index in [1.165, 1.54) is 12.3 Å². The number of halogens is 1. The molecular weight excluding hydrogens is 455 g/mol. The van der Waals surface area contributed by atoms with Crippen LogP contribution in [0.3, 0.4) is 0 Å². The molecule has 7 heteroatoms. The van der Waals surface area contributed by atoms with E-state index in [1.54, 1.807) is 30.5 Å². The van der Waals surface area contributed by atoms with Crippen LogP contribution >= 0.6 is 0 Å². The van der Waals surface area contributed by atoms with E-state index in [-0.39, 0.29) is 22.7 Å². The fourth-order valence-corrected chi connectivity index (χ4v) is 4.41. The van der Waals surface area contributed by atoms with Crippen LogP contribution in [-0.4, -0.2) is 21.9 Å². The molecule has 0 unspecified atom stereocenters. The quantitative estimate of drug-likeness (QED) is 0.325. The number of benzene rings is 3. The number of anilines is 1. The van der Waals surface area contributed by atoms with E-state index in [0.717, 1.165) is 11.1 Å². The van der Waals surface area contributed by atoms with Gasteiger partial charge in [-0.15, -0.1) is 0 Å². The van der Waals surface area contributed by atoms with E-state index < -0.39 is 17.8 Å². The first-order valence-electron chi connectivity index (χ1n) is 11.5. The Labute approximate surface area is 206 Å². The van der Waals surface area contributed by atoms with E-state index in [4.69, 9.17) is 5.73 Å². The minimum atomic E-state index is -0.912. The van der Waals surface area contributed by atoms with Crippen molar-refractivity contribution in [3.8, 4) is 11.1 Å². The lowest BCUT2D eigenvalue weighted by Crippen LogP contribution is -2.41. The second-order valence-electron chi connectivity index (χ2n) is 8.44. The molecule has 2 heterocycles. The number of carbonyl (C=O) groups is 1. The summed E-state index contributed by atoms with van der Waals surface area (Å²) in [6.07, 6.45) is 2.99. The molecule has 0 bridgehead atoms. The summed E-state index contributed by atoms with van der Waals surface area (Å²) in [4.78, 5) is 32.2. The SMILES string of the molecule is N[C@H](C(=O)Nc1ccc(-c2c[nH]c(=O)c3cccnc23)c(F)c1)C(c1ccccc1)c1ccccc1. The predicted octanol–water partition coefficient (Wildman–Crippen LogP) is 4.83. The van der Waals surface area contributed by atoms with Crippen molar-refractivity contribution in [1.82, 2.24) is 9.97 Å². The number of amides is 1. The molecule has 5 aromatic rings. The maximum atomic E-state index is 15.2. The Hall–Kier alpha value is -4.62. The zero-order valence-electron chi connectivity index (χ0n) is 19.2. The number of hydrogen-bond donors (Lipinski definition) is 3. The fourth-order valence-electron chi connectivity index (χ4n) is 4.41. The van der Waals surface area contributed by atoms with Crippen LogP contribution < -0.4 is 16.6 Å². The molecule has 1 atom stereocenters. The van der Waals surface area contributed by atoms with Crippen molar-refractivity contribution in [2.24, 2.45) is 5.73 Å².